The summed E-state index contributed by atoms with van der Waals surface area (Å²) in [6.07, 6.45) is -3.05. The molecule has 0 aromatic heterocycles. The number of nitrogens with one attached hydrogen (secondary N) is 1. The normalized spacial score (nSPS) is 19.5. The highest BCUT2D eigenvalue weighted by molar-refractivity contribution is 6.08. The van der Waals surface area contributed by atoms with E-state index in [1.807, 2.05) is 0 Å². The molecular weight excluding hydrogens is 459 g/mol. The third-order valence-electron chi connectivity index (χ3n) is 6.08. The standard InChI is InChI=1S/C20H27N3O4.C2HF3O2/c1-15(24)20(19(26)27,16-5-3-2-4-6-16)14-23-12-11-22(13-18(23)25)17-7-9-21-10-8-17;3-2(4,5)1(6)7/h2-6,17,21H,7-14H2,1H3,(H,26,27);(H,6,7). The van der Waals surface area contributed by atoms with Crippen LogP contribution in [0, 0.1) is 0 Å². The van der Waals surface area contributed by atoms with Crippen LogP contribution in [-0.2, 0) is 24.6 Å². The Balaban J connectivity index is 0.000000509. The lowest BCUT2D eigenvalue weighted by Gasteiger charge is -2.42. The topological polar surface area (TPSA) is 127 Å². The van der Waals surface area contributed by atoms with Gasteiger partial charge in [-0.15, -0.1) is 0 Å². The average molecular weight is 487 g/mol. The molecule has 2 aliphatic rings. The summed E-state index contributed by atoms with van der Waals surface area (Å²) in [5.41, 5.74) is -1.31. The fourth-order valence-electron chi connectivity index (χ4n) is 4.13. The predicted octanol–water partition coefficient (Wildman–Crippen LogP) is 1.13. The summed E-state index contributed by atoms with van der Waals surface area (Å²) in [5, 5.41) is 20.4. The second kappa shape index (κ2) is 11.4. The molecule has 2 heterocycles. The Morgan fingerprint density at radius 3 is 2.03 bits per heavy atom. The van der Waals surface area contributed by atoms with Crippen LogP contribution in [0.25, 0.3) is 0 Å². The molecule has 1 amide bonds. The highest BCUT2D eigenvalue weighted by atomic mass is 19.4. The molecule has 0 aliphatic carbocycles. The second-order valence-electron chi connectivity index (χ2n) is 8.20. The molecule has 1 aromatic rings. The van der Waals surface area contributed by atoms with Crippen molar-refractivity contribution in [2.75, 3.05) is 39.3 Å². The number of benzene rings is 1. The minimum absolute atomic E-state index is 0.109. The summed E-state index contributed by atoms with van der Waals surface area (Å²) >= 11 is 0. The minimum atomic E-state index is -5.08. The Morgan fingerprint density at radius 2 is 1.59 bits per heavy atom. The van der Waals surface area contributed by atoms with Gasteiger partial charge in [-0.25, -0.2) is 4.79 Å². The van der Waals surface area contributed by atoms with Gasteiger partial charge >= 0.3 is 18.1 Å². The van der Waals surface area contributed by atoms with Gasteiger partial charge in [0.25, 0.3) is 0 Å². The molecule has 1 unspecified atom stereocenters. The molecule has 3 rings (SSSR count). The molecule has 9 nitrogen and oxygen atoms in total. The van der Waals surface area contributed by atoms with Crippen LogP contribution in [0.1, 0.15) is 25.3 Å². The number of hydrogen-bond donors (Lipinski definition) is 3. The van der Waals surface area contributed by atoms with Crippen LogP contribution in [0.2, 0.25) is 0 Å². The van der Waals surface area contributed by atoms with E-state index in [0.717, 1.165) is 25.9 Å². The maximum absolute atomic E-state index is 12.8. The first-order chi connectivity index (χ1) is 15.9. The van der Waals surface area contributed by atoms with Gasteiger partial charge in [-0.3, -0.25) is 19.3 Å². The van der Waals surface area contributed by atoms with E-state index in [9.17, 15) is 32.7 Å². The van der Waals surface area contributed by atoms with E-state index in [4.69, 9.17) is 9.90 Å². The number of amides is 1. The molecule has 2 aliphatic heterocycles. The number of rotatable bonds is 6. The van der Waals surface area contributed by atoms with Gasteiger partial charge < -0.3 is 20.4 Å². The first-order valence-corrected chi connectivity index (χ1v) is 10.7. The molecule has 0 spiro atoms. The van der Waals surface area contributed by atoms with Crippen LogP contribution >= 0.6 is 0 Å². The third-order valence-corrected chi connectivity index (χ3v) is 6.08. The van der Waals surface area contributed by atoms with E-state index < -0.39 is 29.3 Å². The van der Waals surface area contributed by atoms with E-state index in [1.165, 1.54) is 6.92 Å². The van der Waals surface area contributed by atoms with Crippen LogP contribution in [-0.4, -0.2) is 95.1 Å². The highest BCUT2D eigenvalue weighted by Crippen LogP contribution is 2.29. The van der Waals surface area contributed by atoms with Crippen molar-refractivity contribution in [2.24, 2.45) is 0 Å². The van der Waals surface area contributed by atoms with Crippen molar-refractivity contribution in [3.63, 3.8) is 0 Å². The predicted molar refractivity (Wildman–Crippen MR) is 114 cm³/mol. The summed E-state index contributed by atoms with van der Waals surface area (Å²) in [5.74, 6) is -4.54. The Labute approximate surface area is 194 Å². The number of Topliss-reactive ketones (excluding diaryl/α,β-unsaturated/α-hetero) is 1. The van der Waals surface area contributed by atoms with Gasteiger partial charge in [0.1, 0.15) is 0 Å². The van der Waals surface area contributed by atoms with Gasteiger partial charge in [-0.05, 0) is 38.4 Å². The molecule has 0 radical (unpaired) electrons. The fraction of sp³-hybridized carbons (Fsp3) is 0.545. The number of alkyl halides is 3. The van der Waals surface area contributed by atoms with E-state index in [-0.39, 0.29) is 19.0 Å². The number of nitrogens with zero attached hydrogens (tertiary/aromatic N) is 2. The fourth-order valence-corrected chi connectivity index (χ4v) is 4.13. The molecule has 1 atom stereocenters. The number of hydrogen-bond acceptors (Lipinski definition) is 6. The van der Waals surface area contributed by atoms with Gasteiger partial charge in [0, 0.05) is 25.7 Å². The van der Waals surface area contributed by atoms with Crippen molar-refractivity contribution in [3.8, 4) is 0 Å². The van der Waals surface area contributed by atoms with Crippen molar-refractivity contribution in [2.45, 2.75) is 37.4 Å². The summed E-state index contributed by atoms with van der Waals surface area (Å²) in [6.45, 7) is 4.51. The number of carbonyl (C=O) groups excluding carboxylic acids is 2. The van der Waals surface area contributed by atoms with Gasteiger partial charge in [-0.2, -0.15) is 13.2 Å². The van der Waals surface area contributed by atoms with Gasteiger partial charge in [0.15, 0.2) is 11.2 Å². The molecule has 188 valence electrons. The van der Waals surface area contributed by atoms with E-state index in [2.05, 4.69) is 10.2 Å². The van der Waals surface area contributed by atoms with Crippen molar-refractivity contribution in [1.82, 2.24) is 15.1 Å². The molecule has 0 saturated carbocycles. The maximum atomic E-state index is 12.8. The van der Waals surface area contributed by atoms with Gasteiger partial charge in [-0.1, -0.05) is 30.3 Å². The van der Waals surface area contributed by atoms with Crippen LogP contribution in [0.3, 0.4) is 0 Å². The Kier molecular flexibility index (Phi) is 9.16. The van der Waals surface area contributed by atoms with Crippen molar-refractivity contribution >= 4 is 23.6 Å². The number of aliphatic carboxylic acids is 2. The van der Waals surface area contributed by atoms with Crippen LogP contribution in [0.4, 0.5) is 13.2 Å². The molecular formula is C22H28F3N3O6. The van der Waals surface area contributed by atoms with E-state index in [0.29, 0.717) is 24.7 Å². The highest BCUT2D eigenvalue weighted by Gasteiger charge is 2.48. The van der Waals surface area contributed by atoms with Crippen molar-refractivity contribution < 1.29 is 42.6 Å². The van der Waals surface area contributed by atoms with E-state index in [1.54, 1.807) is 35.2 Å². The number of piperazine rings is 1. The molecule has 2 saturated heterocycles. The summed E-state index contributed by atoms with van der Waals surface area (Å²) < 4.78 is 31.7. The quantitative estimate of drug-likeness (QED) is 0.510. The minimum Gasteiger partial charge on any atom is -0.480 e. The number of piperidine rings is 1. The molecule has 12 heteroatoms. The molecule has 3 N–H and O–H groups in total. The smallest absolute Gasteiger partial charge is 0.480 e. The maximum Gasteiger partial charge on any atom is 0.490 e. The van der Waals surface area contributed by atoms with Gasteiger partial charge in [0.2, 0.25) is 5.91 Å². The summed E-state index contributed by atoms with van der Waals surface area (Å²) in [4.78, 5) is 50.0. The van der Waals surface area contributed by atoms with Crippen LogP contribution in [0.5, 0.6) is 0 Å². The van der Waals surface area contributed by atoms with Crippen LogP contribution < -0.4 is 5.32 Å². The molecule has 34 heavy (non-hydrogen) atoms. The average Bonchev–Trinajstić information content (AvgIpc) is 2.79. The second-order valence-corrected chi connectivity index (χ2v) is 8.20. The van der Waals surface area contributed by atoms with Crippen molar-refractivity contribution in [3.05, 3.63) is 35.9 Å². The SMILES string of the molecule is CC(=O)C(CN1CCN(C2CCNCC2)CC1=O)(C(=O)O)c1ccccc1.O=C(O)C(F)(F)F. The summed E-state index contributed by atoms with van der Waals surface area (Å²) in [6, 6.07) is 8.89. The Bertz CT molecular complexity index is 874. The summed E-state index contributed by atoms with van der Waals surface area (Å²) in [7, 11) is 0. The largest absolute Gasteiger partial charge is 0.490 e. The zero-order valence-corrected chi connectivity index (χ0v) is 18.7. The monoisotopic (exact) mass is 487 g/mol. The number of halogens is 3. The number of carboxylic acids is 2. The molecule has 1 aromatic carbocycles. The lowest BCUT2D eigenvalue weighted by molar-refractivity contribution is -0.192. The van der Waals surface area contributed by atoms with E-state index >= 15 is 0 Å². The molecule has 0 bridgehead atoms. The first-order valence-electron chi connectivity index (χ1n) is 10.7. The zero-order chi connectivity index (χ0) is 25.5. The zero-order valence-electron chi connectivity index (χ0n) is 18.7. The number of ketones is 1. The number of carbonyl (C=O) groups is 4. The Hall–Kier alpha value is -2.99. The lowest BCUT2D eigenvalue weighted by Crippen LogP contribution is -2.60. The molecule has 2 fully saturated rings. The Morgan fingerprint density at radius 1 is 1.03 bits per heavy atom. The lowest BCUT2D eigenvalue weighted by atomic mass is 9.76. The first kappa shape index (κ1) is 27.3. The van der Waals surface area contributed by atoms with Crippen LogP contribution in [0.15, 0.2) is 30.3 Å². The van der Waals surface area contributed by atoms with Crippen molar-refractivity contribution in [1.29, 1.82) is 0 Å². The third kappa shape index (κ3) is 6.54. The van der Waals surface area contributed by atoms with Gasteiger partial charge in [0.05, 0.1) is 6.54 Å². The number of carboxylic acid groups (broad SMARTS) is 2.